The molecule has 0 aromatic heterocycles. The first-order chi connectivity index (χ1) is 10.5. The molecule has 0 aliphatic carbocycles. The minimum Gasteiger partial charge on any atom is -0.480 e. The third-order valence-corrected chi connectivity index (χ3v) is 5.13. The van der Waals surface area contributed by atoms with E-state index in [-0.39, 0.29) is 6.04 Å². The highest BCUT2D eigenvalue weighted by Crippen LogP contribution is 2.35. The van der Waals surface area contributed by atoms with Gasteiger partial charge in [0.2, 0.25) is 0 Å². The summed E-state index contributed by atoms with van der Waals surface area (Å²) in [6.07, 6.45) is 5.84. The molecule has 2 unspecified atom stereocenters. The Labute approximate surface area is 142 Å². The van der Waals surface area contributed by atoms with Gasteiger partial charge < -0.3 is 5.11 Å². The lowest BCUT2D eigenvalue weighted by Gasteiger charge is -2.39. The van der Waals surface area contributed by atoms with Crippen molar-refractivity contribution in [2.45, 2.75) is 57.5 Å². The number of piperidine rings is 1. The molecule has 2 rings (SSSR count). The van der Waals surface area contributed by atoms with E-state index in [9.17, 15) is 9.90 Å². The molecule has 1 fully saturated rings. The van der Waals surface area contributed by atoms with E-state index < -0.39 is 12.0 Å². The van der Waals surface area contributed by atoms with Gasteiger partial charge >= 0.3 is 5.97 Å². The molecule has 0 radical (unpaired) electrons. The normalized spacial score (nSPS) is 20.8. The number of carboxylic acid groups (broad SMARTS) is 1. The molecule has 22 heavy (non-hydrogen) atoms. The summed E-state index contributed by atoms with van der Waals surface area (Å²) in [4.78, 5) is 13.7. The van der Waals surface area contributed by atoms with E-state index in [2.05, 4.69) is 11.8 Å². The molecular weight excluding hydrogens is 321 g/mol. The van der Waals surface area contributed by atoms with Gasteiger partial charge in [0.05, 0.1) is 10.0 Å². The Morgan fingerprint density at radius 1 is 1.36 bits per heavy atom. The smallest absolute Gasteiger partial charge is 0.320 e. The molecular formula is C17H23Cl2NO2. The maximum absolute atomic E-state index is 11.6. The maximum Gasteiger partial charge on any atom is 0.320 e. The fraction of sp³-hybridized carbons (Fsp3) is 0.588. The van der Waals surface area contributed by atoms with Gasteiger partial charge in [-0.2, -0.15) is 0 Å². The van der Waals surface area contributed by atoms with Gasteiger partial charge in [-0.05, 0) is 43.5 Å². The first-order valence-electron chi connectivity index (χ1n) is 7.98. The lowest BCUT2D eigenvalue weighted by atomic mass is 9.93. The van der Waals surface area contributed by atoms with Crippen LogP contribution in [0.3, 0.4) is 0 Å². The minimum atomic E-state index is -0.721. The second-order valence-corrected chi connectivity index (χ2v) is 6.73. The summed E-state index contributed by atoms with van der Waals surface area (Å²) in [5.74, 6) is -0.721. The molecule has 0 bridgehead atoms. The maximum atomic E-state index is 11.6. The van der Waals surface area contributed by atoms with Crippen molar-refractivity contribution in [3.8, 4) is 0 Å². The monoisotopic (exact) mass is 343 g/mol. The molecule has 1 saturated heterocycles. The molecule has 1 aromatic carbocycles. The van der Waals surface area contributed by atoms with Crippen LogP contribution in [0.5, 0.6) is 0 Å². The Balaban J connectivity index is 2.30. The number of halogens is 2. The van der Waals surface area contributed by atoms with Crippen LogP contribution in [0.15, 0.2) is 18.2 Å². The molecule has 5 heteroatoms. The second-order valence-electron chi connectivity index (χ2n) is 5.92. The zero-order chi connectivity index (χ0) is 16.1. The highest BCUT2D eigenvalue weighted by molar-refractivity contribution is 6.42. The summed E-state index contributed by atoms with van der Waals surface area (Å²) >= 11 is 12.2. The molecule has 1 aliphatic heterocycles. The number of unbranched alkanes of at least 4 members (excludes halogenated alkanes) is 1. The van der Waals surface area contributed by atoms with E-state index in [1.54, 1.807) is 6.07 Å². The van der Waals surface area contributed by atoms with E-state index in [0.29, 0.717) is 10.0 Å². The molecule has 0 saturated carbocycles. The van der Waals surface area contributed by atoms with Gasteiger partial charge in [0.25, 0.3) is 0 Å². The van der Waals surface area contributed by atoms with Crippen LogP contribution >= 0.6 is 23.2 Å². The number of likely N-dealkylation sites (tertiary alicyclic amines) is 1. The Kier molecular flexibility index (Phi) is 6.54. The van der Waals surface area contributed by atoms with Crippen molar-refractivity contribution in [3.05, 3.63) is 33.8 Å². The fourth-order valence-electron chi connectivity index (χ4n) is 3.23. The molecule has 1 N–H and O–H groups in total. The van der Waals surface area contributed by atoms with Crippen LogP contribution < -0.4 is 0 Å². The first-order valence-corrected chi connectivity index (χ1v) is 8.73. The fourth-order valence-corrected chi connectivity index (χ4v) is 3.54. The van der Waals surface area contributed by atoms with Gasteiger partial charge in [-0.3, -0.25) is 9.69 Å². The van der Waals surface area contributed by atoms with Crippen LogP contribution in [0.4, 0.5) is 0 Å². The average Bonchev–Trinajstić information content (AvgIpc) is 2.51. The Hall–Kier alpha value is -0.770. The Morgan fingerprint density at radius 2 is 2.14 bits per heavy atom. The lowest BCUT2D eigenvalue weighted by Crippen LogP contribution is -2.46. The zero-order valence-corrected chi connectivity index (χ0v) is 14.4. The average molecular weight is 344 g/mol. The van der Waals surface area contributed by atoms with Crippen LogP contribution in [0.2, 0.25) is 10.0 Å². The van der Waals surface area contributed by atoms with Gasteiger partial charge in [-0.25, -0.2) is 0 Å². The van der Waals surface area contributed by atoms with Gasteiger partial charge in [-0.15, -0.1) is 0 Å². The number of rotatable bonds is 6. The van der Waals surface area contributed by atoms with Gasteiger partial charge in [0.1, 0.15) is 6.04 Å². The van der Waals surface area contributed by atoms with E-state index in [0.717, 1.165) is 50.6 Å². The minimum absolute atomic E-state index is 0.0936. The molecule has 2 atom stereocenters. The molecule has 3 nitrogen and oxygen atoms in total. The molecule has 0 spiro atoms. The predicted octanol–water partition coefficient (Wildman–Crippen LogP) is 5.16. The predicted molar refractivity (Wildman–Crippen MR) is 90.7 cm³/mol. The van der Waals surface area contributed by atoms with Gasteiger partial charge in [-0.1, -0.05) is 55.5 Å². The third kappa shape index (κ3) is 4.15. The van der Waals surface area contributed by atoms with Crippen molar-refractivity contribution in [1.82, 2.24) is 4.90 Å². The standard InChI is InChI=1S/C17H23Cl2NO2/c1-2-3-6-15(12-8-9-13(18)14(19)11-12)20-10-5-4-7-16(20)17(21)22/h8-9,11,15-16H,2-7,10H2,1H3,(H,21,22). The van der Waals surface area contributed by atoms with Crippen molar-refractivity contribution in [3.63, 3.8) is 0 Å². The highest BCUT2D eigenvalue weighted by atomic mass is 35.5. The van der Waals surface area contributed by atoms with E-state index in [4.69, 9.17) is 23.2 Å². The number of benzene rings is 1. The van der Waals surface area contributed by atoms with E-state index >= 15 is 0 Å². The summed E-state index contributed by atoms with van der Waals surface area (Å²) in [5, 5.41) is 10.6. The van der Waals surface area contributed by atoms with Crippen molar-refractivity contribution in [2.75, 3.05) is 6.54 Å². The molecule has 1 heterocycles. The molecule has 0 amide bonds. The number of carbonyl (C=O) groups is 1. The highest BCUT2D eigenvalue weighted by Gasteiger charge is 2.34. The van der Waals surface area contributed by atoms with Gasteiger partial charge in [0.15, 0.2) is 0 Å². The molecule has 1 aromatic rings. The Morgan fingerprint density at radius 3 is 2.77 bits per heavy atom. The molecule has 1 aliphatic rings. The summed E-state index contributed by atoms with van der Waals surface area (Å²) in [6, 6.07) is 5.36. The van der Waals surface area contributed by atoms with Crippen molar-refractivity contribution >= 4 is 29.2 Å². The number of carboxylic acids is 1. The van der Waals surface area contributed by atoms with Crippen molar-refractivity contribution in [1.29, 1.82) is 0 Å². The van der Waals surface area contributed by atoms with Crippen LogP contribution in [0, 0.1) is 0 Å². The van der Waals surface area contributed by atoms with Crippen LogP contribution in [0.25, 0.3) is 0 Å². The van der Waals surface area contributed by atoms with Crippen molar-refractivity contribution < 1.29 is 9.90 Å². The number of hydrogen-bond donors (Lipinski definition) is 1. The number of aliphatic carboxylic acids is 1. The summed E-state index contributed by atoms with van der Waals surface area (Å²) in [7, 11) is 0. The van der Waals surface area contributed by atoms with Crippen molar-refractivity contribution in [2.24, 2.45) is 0 Å². The number of nitrogens with zero attached hydrogens (tertiary/aromatic N) is 1. The van der Waals surface area contributed by atoms with E-state index in [1.165, 1.54) is 0 Å². The topological polar surface area (TPSA) is 40.5 Å². The summed E-state index contributed by atoms with van der Waals surface area (Å²) in [6.45, 7) is 2.97. The quantitative estimate of drug-likeness (QED) is 0.774. The van der Waals surface area contributed by atoms with Crippen LogP contribution in [0.1, 0.15) is 57.1 Å². The largest absolute Gasteiger partial charge is 0.480 e. The SMILES string of the molecule is CCCCC(c1ccc(Cl)c(Cl)c1)N1CCCCC1C(=O)O. The summed E-state index contributed by atoms with van der Waals surface area (Å²) in [5.41, 5.74) is 1.07. The second kappa shape index (κ2) is 8.19. The zero-order valence-electron chi connectivity index (χ0n) is 12.9. The first kappa shape index (κ1) is 17.6. The number of hydrogen-bond acceptors (Lipinski definition) is 2. The Bertz CT molecular complexity index is 521. The summed E-state index contributed by atoms with van der Waals surface area (Å²) < 4.78 is 0. The third-order valence-electron chi connectivity index (χ3n) is 4.39. The lowest BCUT2D eigenvalue weighted by molar-refractivity contribution is -0.146. The van der Waals surface area contributed by atoms with Crippen LogP contribution in [-0.4, -0.2) is 28.6 Å². The van der Waals surface area contributed by atoms with Gasteiger partial charge in [0, 0.05) is 6.04 Å². The molecule has 122 valence electrons. The van der Waals surface area contributed by atoms with E-state index in [1.807, 2.05) is 12.1 Å². The van der Waals surface area contributed by atoms with Crippen LogP contribution in [-0.2, 0) is 4.79 Å².